The second kappa shape index (κ2) is 8.70. The van der Waals surface area contributed by atoms with Gasteiger partial charge in [0.2, 0.25) is 5.28 Å². The summed E-state index contributed by atoms with van der Waals surface area (Å²) >= 11 is 6.08. The number of imidazole rings is 1. The summed E-state index contributed by atoms with van der Waals surface area (Å²) in [5, 5.41) is 42.6. The van der Waals surface area contributed by atoms with Crippen molar-refractivity contribution < 1.29 is 25.2 Å². The molecule has 0 aliphatic carbocycles. The Kier molecular flexibility index (Phi) is 6.02. The topological polar surface area (TPSA) is 146 Å². The maximum Gasteiger partial charge on any atom is 0.226 e. The van der Waals surface area contributed by atoms with E-state index in [2.05, 4.69) is 20.3 Å². The largest absolute Gasteiger partial charge is 0.508 e. The van der Waals surface area contributed by atoms with Gasteiger partial charge in [0.05, 0.1) is 12.9 Å². The van der Waals surface area contributed by atoms with Crippen molar-refractivity contribution >= 4 is 28.6 Å². The lowest BCUT2D eigenvalue weighted by Crippen LogP contribution is -2.33. The van der Waals surface area contributed by atoms with Crippen molar-refractivity contribution in [3.63, 3.8) is 0 Å². The minimum Gasteiger partial charge on any atom is -0.508 e. The number of aromatic nitrogens is 4. The van der Waals surface area contributed by atoms with Gasteiger partial charge in [0, 0.05) is 6.54 Å². The molecule has 0 amide bonds. The van der Waals surface area contributed by atoms with Crippen molar-refractivity contribution in [2.24, 2.45) is 0 Å². The van der Waals surface area contributed by atoms with Gasteiger partial charge < -0.3 is 30.5 Å². The first-order valence-electron chi connectivity index (χ1n) is 9.53. The molecule has 1 aliphatic heterocycles. The lowest BCUT2D eigenvalue weighted by atomic mass is 10.1. The summed E-state index contributed by atoms with van der Waals surface area (Å²) in [5.74, 6) is 0.690. The number of aliphatic hydroxyl groups is 3. The van der Waals surface area contributed by atoms with E-state index in [1.807, 2.05) is 12.1 Å². The predicted molar refractivity (Wildman–Crippen MR) is 108 cm³/mol. The zero-order valence-electron chi connectivity index (χ0n) is 15.9. The molecule has 3 heterocycles. The highest BCUT2D eigenvalue weighted by Crippen LogP contribution is 2.32. The number of hydrogen-bond donors (Lipinski definition) is 5. The van der Waals surface area contributed by atoms with E-state index in [9.17, 15) is 20.4 Å². The predicted octanol–water partition coefficient (Wildman–Crippen LogP) is 0.841. The molecule has 2 unspecified atom stereocenters. The van der Waals surface area contributed by atoms with Gasteiger partial charge in [-0.2, -0.15) is 9.97 Å². The molecule has 11 heteroatoms. The van der Waals surface area contributed by atoms with E-state index >= 15 is 0 Å². The Morgan fingerprint density at radius 2 is 1.97 bits per heavy atom. The number of halogens is 1. The number of phenolic OH excluding ortho intramolecular Hbond substituents is 1. The standard InChI is InChI=1S/C19H22ClN5O5/c20-19-23-16(21-7-3-5-10-4-1-2-6-11(10)27)13-17(24-19)25(9-22-13)18-15(29)14(28)12(8-26)30-18/h1-2,4,6,9,12,14-15,18,26-29H,3,5,7-8H2,(H,21,23,24)/t12-,14?,15?,18-/m1/s1. The molecule has 0 saturated carbocycles. The van der Waals surface area contributed by atoms with Crippen LogP contribution in [0.3, 0.4) is 0 Å². The zero-order valence-corrected chi connectivity index (χ0v) is 16.6. The van der Waals surface area contributed by atoms with Crippen LogP contribution in [-0.4, -0.2) is 71.4 Å². The van der Waals surface area contributed by atoms with Crippen molar-refractivity contribution in [3.8, 4) is 5.75 Å². The average Bonchev–Trinajstić information content (AvgIpc) is 3.27. The Morgan fingerprint density at radius 1 is 1.17 bits per heavy atom. The lowest BCUT2D eigenvalue weighted by Gasteiger charge is -2.16. The lowest BCUT2D eigenvalue weighted by molar-refractivity contribution is -0.0511. The first-order valence-corrected chi connectivity index (χ1v) is 9.90. The molecule has 30 heavy (non-hydrogen) atoms. The third kappa shape index (κ3) is 3.92. The number of aliphatic hydroxyl groups excluding tert-OH is 3. The van der Waals surface area contributed by atoms with Crippen molar-refractivity contribution in [1.29, 1.82) is 0 Å². The van der Waals surface area contributed by atoms with Crippen LogP contribution in [0.15, 0.2) is 30.6 Å². The van der Waals surface area contributed by atoms with Crippen molar-refractivity contribution in [2.75, 3.05) is 18.5 Å². The number of phenols is 1. The van der Waals surface area contributed by atoms with E-state index in [-0.39, 0.29) is 11.0 Å². The second-order valence-corrected chi connectivity index (χ2v) is 7.39. The number of nitrogens with zero attached hydrogens (tertiary/aromatic N) is 4. The highest BCUT2D eigenvalue weighted by atomic mass is 35.5. The van der Waals surface area contributed by atoms with Crippen molar-refractivity contribution in [2.45, 2.75) is 37.4 Å². The van der Waals surface area contributed by atoms with Crippen LogP contribution in [0.2, 0.25) is 5.28 Å². The first-order chi connectivity index (χ1) is 14.5. The monoisotopic (exact) mass is 435 g/mol. The molecule has 4 rings (SSSR count). The zero-order chi connectivity index (χ0) is 21.3. The van der Waals surface area contributed by atoms with Gasteiger partial charge in [-0.05, 0) is 36.1 Å². The maximum absolute atomic E-state index is 10.3. The van der Waals surface area contributed by atoms with Gasteiger partial charge in [-0.15, -0.1) is 0 Å². The molecule has 2 aromatic heterocycles. The molecule has 3 aromatic rings. The van der Waals surface area contributed by atoms with Gasteiger partial charge >= 0.3 is 0 Å². The number of nitrogens with one attached hydrogen (secondary N) is 1. The van der Waals surface area contributed by atoms with Gasteiger partial charge in [-0.1, -0.05) is 18.2 Å². The Morgan fingerprint density at radius 3 is 2.70 bits per heavy atom. The minimum atomic E-state index is -1.26. The number of anilines is 1. The summed E-state index contributed by atoms with van der Waals surface area (Å²) in [7, 11) is 0. The Bertz CT molecular complexity index is 1030. The number of aromatic hydroxyl groups is 1. The van der Waals surface area contributed by atoms with Crippen LogP contribution in [0, 0.1) is 0 Å². The number of ether oxygens (including phenoxy) is 1. The summed E-state index contributed by atoms with van der Waals surface area (Å²) < 4.78 is 7.01. The van der Waals surface area contributed by atoms with Gasteiger partial charge in [-0.3, -0.25) is 4.57 Å². The van der Waals surface area contributed by atoms with Crippen LogP contribution in [0.1, 0.15) is 18.2 Å². The van der Waals surface area contributed by atoms with Gasteiger partial charge in [-0.25, -0.2) is 4.98 Å². The third-order valence-corrected chi connectivity index (χ3v) is 5.26. The Labute approximate surface area is 176 Å². The number of fused-ring (bicyclic) bond motifs is 1. The number of rotatable bonds is 7. The van der Waals surface area contributed by atoms with E-state index in [4.69, 9.17) is 16.3 Å². The highest BCUT2D eigenvalue weighted by Gasteiger charge is 2.44. The number of aryl methyl sites for hydroxylation is 1. The molecule has 5 N–H and O–H groups in total. The third-order valence-electron chi connectivity index (χ3n) is 5.09. The van der Waals surface area contributed by atoms with Crippen molar-refractivity contribution in [3.05, 3.63) is 41.4 Å². The smallest absolute Gasteiger partial charge is 0.226 e. The number of para-hydroxylation sites is 1. The van der Waals surface area contributed by atoms with E-state index in [1.54, 1.807) is 12.1 Å². The van der Waals surface area contributed by atoms with Crippen LogP contribution >= 0.6 is 11.6 Å². The van der Waals surface area contributed by atoms with Crippen LogP contribution in [0.4, 0.5) is 5.82 Å². The van der Waals surface area contributed by atoms with E-state index < -0.39 is 31.1 Å². The molecule has 0 spiro atoms. The molecular formula is C19H22ClN5O5. The molecule has 1 aliphatic rings. The van der Waals surface area contributed by atoms with Crippen LogP contribution in [0.5, 0.6) is 5.75 Å². The highest BCUT2D eigenvalue weighted by molar-refractivity contribution is 6.28. The fourth-order valence-electron chi connectivity index (χ4n) is 3.52. The fraction of sp³-hybridized carbons (Fsp3) is 0.421. The molecule has 10 nitrogen and oxygen atoms in total. The normalized spacial score (nSPS) is 23.9. The molecule has 0 radical (unpaired) electrons. The van der Waals surface area contributed by atoms with Crippen molar-refractivity contribution in [1.82, 2.24) is 19.5 Å². The summed E-state index contributed by atoms with van der Waals surface area (Å²) in [5.41, 5.74) is 1.62. The van der Waals surface area contributed by atoms with Crippen LogP contribution < -0.4 is 5.32 Å². The molecule has 0 bridgehead atoms. The molecular weight excluding hydrogens is 414 g/mol. The average molecular weight is 436 g/mol. The minimum absolute atomic E-state index is 0.0146. The number of benzene rings is 1. The summed E-state index contributed by atoms with van der Waals surface area (Å²) in [6, 6.07) is 7.18. The number of hydrogen-bond acceptors (Lipinski definition) is 9. The van der Waals surface area contributed by atoms with Crippen LogP contribution in [-0.2, 0) is 11.2 Å². The molecule has 1 saturated heterocycles. The Hall–Kier alpha value is -2.50. The van der Waals surface area contributed by atoms with E-state index in [0.717, 1.165) is 12.0 Å². The molecule has 1 fully saturated rings. The SMILES string of the molecule is OC[C@H]1O[C@@H](n2cnc3c(NCCCc4ccccc4O)nc(Cl)nc32)C(O)C1O. The Balaban J connectivity index is 1.50. The van der Waals surface area contributed by atoms with Crippen LogP contribution in [0.25, 0.3) is 11.2 Å². The maximum atomic E-state index is 10.3. The fourth-order valence-corrected chi connectivity index (χ4v) is 3.68. The van der Waals surface area contributed by atoms with Gasteiger partial charge in [0.25, 0.3) is 0 Å². The molecule has 1 aromatic carbocycles. The van der Waals surface area contributed by atoms with Gasteiger partial charge in [0.15, 0.2) is 23.2 Å². The first kappa shape index (κ1) is 20.8. The second-order valence-electron chi connectivity index (χ2n) is 7.05. The van der Waals surface area contributed by atoms with E-state index in [1.165, 1.54) is 10.9 Å². The van der Waals surface area contributed by atoms with E-state index in [0.29, 0.717) is 29.9 Å². The summed E-state index contributed by atoms with van der Waals surface area (Å²) in [4.78, 5) is 12.7. The quantitative estimate of drug-likeness (QED) is 0.269. The summed E-state index contributed by atoms with van der Waals surface area (Å²) in [6.45, 7) is 0.123. The molecule has 4 atom stereocenters. The van der Waals surface area contributed by atoms with Gasteiger partial charge in [0.1, 0.15) is 24.1 Å². The molecule has 160 valence electrons. The summed E-state index contributed by atoms with van der Waals surface area (Å²) in [6.07, 6.45) is -1.54.